The fourth-order valence-corrected chi connectivity index (χ4v) is 2.09. The predicted molar refractivity (Wildman–Crippen MR) is 66.7 cm³/mol. The number of ether oxygens (including phenoxy) is 3. The van der Waals surface area contributed by atoms with Crippen molar-refractivity contribution in [2.24, 2.45) is 11.8 Å². The van der Waals surface area contributed by atoms with E-state index in [9.17, 15) is 0 Å². The van der Waals surface area contributed by atoms with Gasteiger partial charge in [-0.2, -0.15) is 0 Å². The Morgan fingerprint density at radius 1 is 0.688 bits per heavy atom. The first kappa shape index (κ1) is 15.9. The quantitative estimate of drug-likeness (QED) is 0.644. The summed E-state index contributed by atoms with van der Waals surface area (Å²) in [5, 5.41) is 0. The average Bonchev–Trinajstić information content (AvgIpc) is 2.22. The van der Waals surface area contributed by atoms with Crippen LogP contribution in [-0.2, 0) is 14.2 Å². The molecule has 0 radical (unpaired) electrons. The van der Waals surface area contributed by atoms with Gasteiger partial charge in [-0.05, 0) is 11.8 Å². The molecular formula is C13H28O3. The molecule has 0 fully saturated rings. The monoisotopic (exact) mass is 232 g/mol. The summed E-state index contributed by atoms with van der Waals surface area (Å²) in [6, 6.07) is 0. The minimum absolute atomic E-state index is 0.0948. The highest BCUT2D eigenvalue weighted by molar-refractivity contribution is 4.78. The molecule has 3 heteroatoms. The van der Waals surface area contributed by atoms with E-state index in [0.29, 0.717) is 11.8 Å². The van der Waals surface area contributed by atoms with Gasteiger partial charge in [-0.1, -0.05) is 27.7 Å². The van der Waals surface area contributed by atoms with Gasteiger partial charge in [0.1, 0.15) is 0 Å². The van der Waals surface area contributed by atoms with E-state index in [2.05, 4.69) is 27.7 Å². The van der Waals surface area contributed by atoms with Crippen LogP contribution in [0.2, 0.25) is 0 Å². The summed E-state index contributed by atoms with van der Waals surface area (Å²) >= 11 is 0. The molecule has 3 unspecified atom stereocenters. The molecule has 0 saturated heterocycles. The highest BCUT2D eigenvalue weighted by atomic mass is 16.5. The Kier molecular flexibility index (Phi) is 7.98. The van der Waals surface area contributed by atoms with Crippen LogP contribution < -0.4 is 0 Å². The van der Waals surface area contributed by atoms with Gasteiger partial charge in [0.25, 0.3) is 0 Å². The molecule has 0 aromatic heterocycles. The molecule has 0 bridgehead atoms. The Morgan fingerprint density at radius 3 is 1.44 bits per heavy atom. The van der Waals surface area contributed by atoms with Gasteiger partial charge >= 0.3 is 0 Å². The van der Waals surface area contributed by atoms with Crippen LogP contribution in [0.15, 0.2) is 0 Å². The molecule has 3 nitrogen and oxygen atoms in total. The van der Waals surface area contributed by atoms with Gasteiger partial charge in [0.15, 0.2) is 0 Å². The average molecular weight is 232 g/mol. The second kappa shape index (κ2) is 8.04. The van der Waals surface area contributed by atoms with Crippen molar-refractivity contribution in [1.82, 2.24) is 0 Å². The third-order valence-electron chi connectivity index (χ3n) is 3.11. The van der Waals surface area contributed by atoms with Gasteiger partial charge in [-0.25, -0.2) is 0 Å². The zero-order chi connectivity index (χ0) is 12.7. The lowest BCUT2D eigenvalue weighted by molar-refractivity contribution is -0.0853. The maximum Gasteiger partial charge on any atom is 0.0860 e. The van der Waals surface area contributed by atoms with E-state index < -0.39 is 0 Å². The third-order valence-corrected chi connectivity index (χ3v) is 3.11. The van der Waals surface area contributed by atoms with Crippen molar-refractivity contribution in [3.05, 3.63) is 0 Å². The number of hydrogen-bond acceptors (Lipinski definition) is 3. The zero-order valence-electron chi connectivity index (χ0n) is 11.8. The molecule has 0 N–H and O–H groups in total. The summed E-state index contributed by atoms with van der Waals surface area (Å²) in [7, 11) is 5.24. The smallest absolute Gasteiger partial charge is 0.0860 e. The number of rotatable bonds is 8. The van der Waals surface area contributed by atoms with Crippen molar-refractivity contribution in [3.8, 4) is 0 Å². The molecule has 0 heterocycles. The van der Waals surface area contributed by atoms with Gasteiger partial charge in [0.05, 0.1) is 18.3 Å². The van der Waals surface area contributed by atoms with Crippen molar-refractivity contribution >= 4 is 0 Å². The standard InChI is InChI=1S/C13H28O3/c1-9(2)11(14-5)8-12(15-6)13(16-7)10(3)4/h9-13H,8H2,1-7H3. The van der Waals surface area contributed by atoms with Crippen LogP contribution in [0.4, 0.5) is 0 Å². The molecule has 0 spiro atoms. The Labute approximate surface area is 100 Å². The van der Waals surface area contributed by atoms with Gasteiger partial charge in [0, 0.05) is 27.8 Å². The Morgan fingerprint density at radius 2 is 1.19 bits per heavy atom. The topological polar surface area (TPSA) is 27.7 Å². The van der Waals surface area contributed by atoms with Crippen molar-refractivity contribution in [2.45, 2.75) is 52.4 Å². The van der Waals surface area contributed by atoms with Crippen molar-refractivity contribution in [3.63, 3.8) is 0 Å². The maximum atomic E-state index is 5.54. The largest absolute Gasteiger partial charge is 0.381 e. The van der Waals surface area contributed by atoms with Crippen molar-refractivity contribution in [2.75, 3.05) is 21.3 Å². The van der Waals surface area contributed by atoms with Gasteiger partial charge in [0.2, 0.25) is 0 Å². The molecule has 0 aliphatic heterocycles. The van der Waals surface area contributed by atoms with E-state index in [1.54, 1.807) is 21.3 Å². The van der Waals surface area contributed by atoms with Gasteiger partial charge in [-0.3, -0.25) is 0 Å². The second-order valence-corrected chi connectivity index (χ2v) is 4.97. The Bertz CT molecular complexity index is 169. The molecule has 3 atom stereocenters. The summed E-state index contributed by atoms with van der Waals surface area (Å²) in [5.74, 6) is 0.937. The van der Waals surface area contributed by atoms with Crippen LogP contribution >= 0.6 is 0 Å². The first-order chi connectivity index (χ1) is 7.47. The lowest BCUT2D eigenvalue weighted by Crippen LogP contribution is -2.38. The lowest BCUT2D eigenvalue weighted by atomic mass is 9.93. The number of methoxy groups -OCH3 is 3. The molecule has 0 rings (SSSR count). The molecule has 0 saturated carbocycles. The van der Waals surface area contributed by atoms with E-state index in [1.165, 1.54) is 0 Å². The first-order valence-electron chi connectivity index (χ1n) is 6.06. The number of hydrogen-bond donors (Lipinski definition) is 0. The van der Waals surface area contributed by atoms with Crippen molar-refractivity contribution in [1.29, 1.82) is 0 Å². The van der Waals surface area contributed by atoms with Crippen LogP contribution in [0.3, 0.4) is 0 Å². The van der Waals surface area contributed by atoms with Crippen LogP contribution in [-0.4, -0.2) is 39.6 Å². The molecule has 0 aromatic rings. The zero-order valence-corrected chi connectivity index (χ0v) is 11.8. The van der Waals surface area contributed by atoms with E-state index >= 15 is 0 Å². The first-order valence-corrected chi connectivity index (χ1v) is 6.06. The van der Waals surface area contributed by atoms with Crippen LogP contribution in [0.5, 0.6) is 0 Å². The molecule has 0 aliphatic carbocycles. The van der Waals surface area contributed by atoms with Crippen molar-refractivity contribution < 1.29 is 14.2 Å². The lowest BCUT2D eigenvalue weighted by Gasteiger charge is -2.31. The molecule has 0 amide bonds. The van der Waals surface area contributed by atoms with E-state index in [1.807, 2.05) is 0 Å². The fourth-order valence-electron chi connectivity index (χ4n) is 2.09. The normalized spacial score (nSPS) is 17.8. The summed E-state index contributed by atoms with van der Waals surface area (Å²) in [4.78, 5) is 0. The fraction of sp³-hybridized carbons (Fsp3) is 1.00. The van der Waals surface area contributed by atoms with E-state index in [0.717, 1.165) is 6.42 Å². The highest BCUT2D eigenvalue weighted by Crippen LogP contribution is 2.21. The minimum atomic E-state index is 0.0948. The SMILES string of the molecule is COC(CC(OC)C(OC)C(C)C)C(C)C. The molecular weight excluding hydrogens is 204 g/mol. The molecule has 0 aromatic carbocycles. The van der Waals surface area contributed by atoms with Gasteiger partial charge in [-0.15, -0.1) is 0 Å². The summed E-state index contributed by atoms with van der Waals surface area (Å²) in [6.45, 7) is 8.63. The molecule has 98 valence electrons. The van der Waals surface area contributed by atoms with E-state index in [-0.39, 0.29) is 18.3 Å². The summed E-state index contributed by atoms with van der Waals surface area (Å²) < 4.78 is 16.5. The summed E-state index contributed by atoms with van der Waals surface area (Å²) in [5.41, 5.74) is 0. The minimum Gasteiger partial charge on any atom is -0.381 e. The highest BCUT2D eigenvalue weighted by Gasteiger charge is 2.28. The second-order valence-electron chi connectivity index (χ2n) is 4.97. The predicted octanol–water partition coefficient (Wildman–Crippen LogP) is 2.73. The molecule has 0 aliphatic rings. The van der Waals surface area contributed by atoms with Gasteiger partial charge < -0.3 is 14.2 Å². The van der Waals surface area contributed by atoms with Crippen LogP contribution in [0, 0.1) is 11.8 Å². The Hall–Kier alpha value is -0.120. The molecule has 16 heavy (non-hydrogen) atoms. The maximum absolute atomic E-state index is 5.54. The van der Waals surface area contributed by atoms with Crippen LogP contribution in [0.25, 0.3) is 0 Å². The third kappa shape index (κ3) is 4.81. The van der Waals surface area contributed by atoms with Crippen LogP contribution in [0.1, 0.15) is 34.1 Å². The van der Waals surface area contributed by atoms with E-state index in [4.69, 9.17) is 14.2 Å². The Balaban J connectivity index is 4.47. The summed E-state index contributed by atoms with van der Waals surface area (Å²) in [6.07, 6.45) is 1.32.